The molecule has 0 amide bonds. The molecule has 1 aliphatic rings. The molecule has 3 aromatic rings. The molecule has 1 fully saturated rings. The molecule has 2 atom stereocenters. The fourth-order valence-electron chi connectivity index (χ4n) is 3.72. The predicted octanol–water partition coefficient (Wildman–Crippen LogP) is 4.04. The van der Waals surface area contributed by atoms with Crippen molar-refractivity contribution in [3.8, 4) is 5.69 Å². The van der Waals surface area contributed by atoms with Crippen LogP contribution in [-0.2, 0) is 16.6 Å². The van der Waals surface area contributed by atoms with Gasteiger partial charge in [-0.1, -0.05) is 34.1 Å². The minimum atomic E-state index is -3.79. The summed E-state index contributed by atoms with van der Waals surface area (Å²) in [5.74, 6) is 0. The van der Waals surface area contributed by atoms with Crippen LogP contribution in [0.3, 0.4) is 0 Å². The monoisotopic (exact) mass is 567 g/mol. The van der Waals surface area contributed by atoms with Crippen LogP contribution in [0.2, 0.25) is 0 Å². The minimum absolute atomic E-state index is 0.152. The SMILES string of the molecule is Cc1nn(-c2ccccc2)nc1CN([C@H]1CN[C@@H](C)C1)S(=O)(=O)c1cc(Br)ccc1Br. The first kappa shape index (κ1) is 22.6. The molecule has 1 aliphatic heterocycles. The third kappa shape index (κ3) is 4.78. The Hall–Kier alpha value is -1.59. The maximum absolute atomic E-state index is 13.8. The van der Waals surface area contributed by atoms with Gasteiger partial charge in [-0.15, -0.1) is 0 Å². The number of nitrogens with one attached hydrogen (secondary N) is 1. The van der Waals surface area contributed by atoms with E-state index in [1.807, 2.05) is 43.3 Å². The maximum Gasteiger partial charge on any atom is 0.244 e. The number of aryl methyl sites for hydroxylation is 1. The van der Waals surface area contributed by atoms with Gasteiger partial charge in [-0.25, -0.2) is 8.42 Å². The van der Waals surface area contributed by atoms with E-state index in [2.05, 4.69) is 54.3 Å². The van der Waals surface area contributed by atoms with E-state index in [-0.39, 0.29) is 23.5 Å². The summed E-state index contributed by atoms with van der Waals surface area (Å²) in [6, 6.07) is 14.8. The Bertz CT molecular complexity index is 1180. The van der Waals surface area contributed by atoms with Gasteiger partial charge in [0.2, 0.25) is 10.0 Å². The van der Waals surface area contributed by atoms with E-state index >= 15 is 0 Å². The van der Waals surface area contributed by atoms with Crippen molar-refractivity contribution in [3.05, 3.63) is 68.9 Å². The van der Waals surface area contributed by atoms with Crippen molar-refractivity contribution >= 4 is 41.9 Å². The molecular weight excluding hydrogens is 546 g/mol. The highest BCUT2D eigenvalue weighted by Crippen LogP contribution is 2.32. The van der Waals surface area contributed by atoms with E-state index in [0.29, 0.717) is 26.9 Å². The number of halogens is 2. The number of aromatic nitrogens is 3. The highest BCUT2D eigenvalue weighted by atomic mass is 79.9. The zero-order chi connectivity index (χ0) is 22.2. The van der Waals surface area contributed by atoms with Crippen molar-refractivity contribution in [1.82, 2.24) is 24.6 Å². The molecule has 31 heavy (non-hydrogen) atoms. The van der Waals surface area contributed by atoms with E-state index < -0.39 is 10.0 Å². The zero-order valence-corrected chi connectivity index (χ0v) is 21.2. The lowest BCUT2D eigenvalue weighted by molar-refractivity contribution is 0.321. The van der Waals surface area contributed by atoms with E-state index in [4.69, 9.17) is 0 Å². The van der Waals surface area contributed by atoms with Crippen LogP contribution in [-0.4, -0.2) is 46.3 Å². The smallest absolute Gasteiger partial charge is 0.244 e. The number of rotatable bonds is 6. The summed E-state index contributed by atoms with van der Waals surface area (Å²) < 4.78 is 30.4. The van der Waals surface area contributed by atoms with Crippen LogP contribution in [0.5, 0.6) is 0 Å². The largest absolute Gasteiger partial charge is 0.313 e. The third-order valence-electron chi connectivity index (χ3n) is 5.39. The van der Waals surface area contributed by atoms with Crippen LogP contribution in [0.1, 0.15) is 24.7 Å². The molecule has 2 aromatic carbocycles. The number of sulfonamides is 1. The molecule has 0 aliphatic carbocycles. The second kappa shape index (κ2) is 9.11. The van der Waals surface area contributed by atoms with E-state index in [1.54, 1.807) is 21.2 Å². The third-order valence-corrected chi connectivity index (χ3v) is 8.77. The number of hydrogen-bond acceptors (Lipinski definition) is 5. The molecule has 1 aromatic heterocycles. The van der Waals surface area contributed by atoms with Gasteiger partial charge in [0, 0.05) is 27.6 Å². The normalized spacial score (nSPS) is 19.3. The van der Waals surface area contributed by atoms with E-state index in [9.17, 15) is 8.42 Å². The maximum atomic E-state index is 13.8. The Morgan fingerprint density at radius 3 is 2.58 bits per heavy atom. The molecule has 10 heteroatoms. The topological polar surface area (TPSA) is 80.1 Å². The van der Waals surface area contributed by atoms with Gasteiger partial charge in [-0.3, -0.25) is 0 Å². The van der Waals surface area contributed by atoms with Gasteiger partial charge in [0.1, 0.15) is 5.69 Å². The summed E-state index contributed by atoms with van der Waals surface area (Å²) in [5, 5.41) is 12.5. The molecule has 2 heterocycles. The van der Waals surface area contributed by atoms with Crippen molar-refractivity contribution in [2.45, 2.75) is 43.8 Å². The molecule has 0 radical (unpaired) electrons. The van der Waals surface area contributed by atoms with Crippen LogP contribution < -0.4 is 5.32 Å². The first-order valence-corrected chi connectivity index (χ1v) is 13.0. The highest BCUT2D eigenvalue weighted by Gasteiger charge is 2.37. The second-order valence-corrected chi connectivity index (χ2v) is 11.3. The lowest BCUT2D eigenvalue weighted by atomic mass is 10.2. The Kier molecular flexibility index (Phi) is 6.64. The molecule has 7 nitrogen and oxygen atoms in total. The Morgan fingerprint density at radius 2 is 1.90 bits per heavy atom. The summed E-state index contributed by atoms with van der Waals surface area (Å²) in [6.07, 6.45) is 0.733. The molecular formula is C21H23Br2N5O2S. The fourth-order valence-corrected chi connectivity index (χ4v) is 6.78. The molecule has 0 saturated carbocycles. The summed E-state index contributed by atoms with van der Waals surface area (Å²) in [6.45, 7) is 4.67. The Labute approximate surface area is 199 Å². The van der Waals surface area contributed by atoms with E-state index in [0.717, 1.165) is 12.1 Å². The quantitative estimate of drug-likeness (QED) is 0.485. The van der Waals surface area contributed by atoms with Gasteiger partial charge in [-0.05, 0) is 66.5 Å². The lowest BCUT2D eigenvalue weighted by Gasteiger charge is -2.27. The van der Waals surface area contributed by atoms with E-state index in [1.165, 1.54) is 0 Å². The van der Waals surface area contributed by atoms with Crippen molar-refractivity contribution in [2.24, 2.45) is 0 Å². The summed E-state index contributed by atoms with van der Waals surface area (Å²) in [7, 11) is -3.79. The number of benzene rings is 2. The van der Waals surface area contributed by atoms with Gasteiger partial charge in [0.15, 0.2) is 0 Å². The van der Waals surface area contributed by atoms with Crippen LogP contribution in [0.15, 0.2) is 62.4 Å². The van der Waals surface area contributed by atoms with Crippen molar-refractivity contribution < 1.29 is 8.42 Å². The standard InChI is InChI=1S/C21H23Br2N5O2S/c1-14-10-18(12-24-14)27(31(29,30)21-11-16(22)8-9-19(21)23)13-20-15(2)25-28(26-20)17-6-4-3-5-7-17/h3-9,11,14,18,24H,10,12-13H2,1-2H3/t14-,18+/m0/s1. The number of para-hydroxylation sites is 1. The van der Waals surface area contributed by atoms with Gasteiger partial charge in [-0.2, -0.15) is 19.3 Å². The molecule has 0 unspecified atom stereocenters. The summed E-state index contributed by atoms with van der Waals surface area (Å²) in [5.41, 5.74) is 2.17. The zero-order valence-electron chi connectivity index (χ0n) is 17.2. The van der Waals surface area contributed by atoms with Crippen molar-refractivity contribution in [1.29, 1.82) is 0 Å². The first-order valence-electron chi connectivity index (χ1n) is 9.94. The van der Waals surface area contributed by atoms with Crippen LogP contribution in [0, 0.1) is 6.92 Å². The molecule has 164 valence electrons. The van der Waals surface area contributed by atoms with Gasteiger partial charge >= 0.3 is 0 Å². The average Bonchev–Trinajstić information content (AvgIpc) is 3.33. The number of hydrogen-bond donors (Lipinski definition) is 1. The number of nitrogens with zero attached hydrogens (tertiary/aromatic N) is 4. The highest BCUT2D eigenvalue weighted by molar-refractivity contribution is 9.11. The first-order chi connectivity index (χ1) is 14.8. The summed E-state index contributed by atoms with van der Waals surface area (Å²) in [4.78, 5) is 1.79. The van der Waals surface area contributed by atoms with Gasteiger partial charge < -0.3 is 5.32 Å². The van der Waals surface area contributed by atoms with Crippen molar-refractivity contribution in [2.75, 3.05) is 6.54 Å². The van der Waals surface area contributed by atoms with Crippen molar-refractivity contribution in [3.63, 3.8) is 0 Å². The molecule has 0 spiro atoms. The van der Waals surface area contributed by atoms with Crippen LogP contribution in [0.4, 0.5) is 0 Å². The molecule has 1 N–H and O–H groups in total. The second-order valence-electron chi connectivity index (χ2n) is 7.68. The van der Waals surface area contributed by atoms with Gasteiger partial charge in [0.05, 0.1) is 22.8 Å². The fraction of sp³-hybridized carbons (Fsp3) is 0.333. The summed E-state index contributed by atoms with van der Waals surface area (Å²) >= 11 is 6.81. The Morgan fingerprint density at radius 1 is 1.16 bits per heavy atom. The molecule has 0 bridgehead atoms. The predicted molar refractivity (Wildman–Crippen MR) is 127 cm³/mol. The lowest BCUT2D eigenvalue weighted by Crippen LogP contribution is -2.41. The minimum Gasteiger partial charge on any atom is -0.313 e. The molecule has 1 saturated heterocycles. The van der Waals surface area contributed by atoms with Crippen LogP contribution >= 0.6 is 31.9 Å². The Balaban J connectivity index is 1.73. The van der Waals surface area contributed by atoms with Crippen LogP contribution in [0.25, 0.3) is 5.69 Å². The average molecular weight is 569 g/mol. The van der Waals surface area contributed by atoms with Gasteiger partial charge in [0.25, 0.3) is 0 Å². The molecule has 4 rings (SSSR count).